The van der Waals surface area contributed by atoms with E-state index in [-0.39, 0.29) is 0 Å². The molecule has 0 aliphatic heterocycles. The smallest absolute Gasteiger partial charge is 0.343 e. The number of imidazole rings is 1. The molecule has 0 bridgehead atoms. The highest BCUT2D eigenvalue weighted by Gasteiger charge is 2.00. The van der Waals surface area contributed by atoms with Crippen molar-refractivity contribution in [2.75, 3.05) is 0 Å². The van der Waals surface area contributed by atoms with Gasteiger partial charge in [-0.1, -0.05) is 0 Å². The zero-order valence-electron chi connectivity index (χ0n) is 4.29. The van der Waals surface area contributed by atoms with Crippen molar-refractivity contribution in [2.45, 2.75) is 6.61 Å². The van der Waals surface area contributed by atoms with Gasteiger partial charge in [-0.3, -0.25) is 0 Å². The largest absolute Gasteiger partial charge is 0.405 e. The molecule has 0 aromatic carbocycles. The maximum absolute atomic E-state index is 11.3. The molecule has 5 heteroatoms. The van der Waals surface area contributed by atoms with E-state index < -0.39 is 6.61 Å². The Morgan fingerprint density at radius 2 is 2.44 bits per heavy atom. The lowest BCUT2D eigenvalue weighted by molar-refractivity contribution is -0.132. The fourth-order valence-corrected chi connectivity index (χ4v) is 0.363. The third-order valence-electron chi connectivity index (χ3n) is 0.632. The van der Waals surface area contributed by atoms with Crippen molar-refractivity contribution in [1.29, 1.82) is 0 Å². The van der Waals surface area contributed by atoms with Crippen LogP contribution in [0.3, 0.4) is 0 Å². The van der Waals surface area contributed by atoms with Crippen LogP contribution < -0.4 is 4.84 Å². The molecule has 0 saturated heterocycles. The van der Waals surface area contributed by atoms with E-state index in [1.165, 1.54) is 0 Å². The second kappa shape index (κ2) is 2.43. The quantitative estimate of drug-likeness (QED) is 0.581. The molecular formula is C4H3F2N2O. The summed E-state index contributed by atoms with van der Waals surface area (Å²) in [5, 5.41) is 0. The van der Waals surface area contributed by atoms with Crippen LogP contribution in [-0.4, -0.2) is 16.3 Å². The molecule has 0 amide bonds. The third-order valence-corrected chi connectivity index (χ3v) is 0.632. The van der Waals surface area contributed by atoms with Crippen LogP contribution in [0.5, 0.6) is 0 Å². The van der Waals surface area contributed by atoms with Gasteiger partial charge in [-0.15, -0.1) is 0 Å². The van der Waals surface area contributed by atoms with Crippen LogP contribution in [0.2, 0.25) is 0 Å². The van der Waals surface area contributed by atoms with Crippen molar-refractivity contribution in [3.63, 3.8) is 0 Å². The molecule has 9 heavy (non-hydrogen) atoms. The molecule has 1 aromatic heterocycles. The fourth-order valence-electron chi connectivity index (χ4n) is 0.363. The predicted molar refractivity (Wildman–Crippen MR) is 23.6 cm³/mol. The zero-order valence-corrected chi connectivity index (χ0v) is 4.29. The second-order valence-electron chi connectivity index (χ2n) is 1.23. The molecule has 1 aromatic rings. The Bertz CT molecular complexity index is 163. The number of alkyl halides is 2. The summed E-state index contributed by atoms with van der Waals surface area (Å²) in [6.07, 6.45) is 4.54. The highest BCUT2D eigenvalue weighted by molar-refractivity contribution is 4.66. The average molecular weight is 133 g/mol. The summed E-state index contributed by atoms with van der Waals surface area (Å²) in [7, 11) is 0. The van der Waals surface area contributed by atoms with Gasteiger partial charge in [0.25, 0.3) is 0 Å². The van der Waals surface area contributed by atoms with E-state index in [9.17, 15) is 8.78 Å². The molecule has 0 fully saturated rings. The molecule has 0 spiro atoms. The normalized spacial score (nSPS) is 10.1. The maximum Gasteiger partial charge on any atom is 0.405 e. The Labute approximate surface area is 49.8 Å². The summed E-state index contributed by atoms with van der Waals surface area (Å²) in [4.78, 5) is 7.20. The van der Waals surface area contributed by atoms with Crippen LogP contribution in [0.15, 0.2) is 12.5 Å². The standard InChI is InChI=1S/C4H3F2N2O/c5-4(6)9-8-2-1-7-3-8/h2-4H. The molecule has 0 N–H and O–H groups in total. The SMILES string of the molecule is FC(F)On1c[c]nc1. The van der Waals surface area contributed by atoms with Crippen LogP contribution in [-0.2, 0) is 0 Å². The first-order chi connectivity index (χ1) is 4.29. The van der Waals surface area contributed by atoms with Crippen LogP contribution in [0.25, 0.3) is 0 Å². The minimum Gasteiger partial charge on any atom is -0.343 e. The highest BCUT2D eigenvalue weighted by Crippen LogP contribution is 1.89. The van der Waals surface area contributed by atoms with Crippen LogP contribution in [0.1, 0.15) is 0 Å². The summed E-state index contributed by atoms with van der Waals surface area (Å²) < 4.78 is 23.4. The van der Waals surface area contributed by atoms with Gasteiger partial charge in [-0.2, -0.15) is 13.5 Å². The van der Waals surface area contributed by atoms with E-state index in [2.05, 4.69) is 16.0 Å². The van der Waals surface area contributed by atoms with Crippen molar-refractivity contribution in [3.8, 4) is 0 Å². The third kappa shape index (κ3) is 1.67. The van der Waals surface area contributed by atoms with Gasteiger partial charge >= 0.3 is 6.61 Å². The number of rotatable bonds is 2. The van der Waals surface area contributed by atoms with Gasteiger partial charge in [0, 0.05) is 0 Å². The van der Waals surface area contributed by atoms with Crippen LogP contribution in [0.4, 0.5) is 8.78 Å². The highest BCUT2D eigenvalue weighted by atomic mass is 19.3. The lowest BCUT2D eigenvalue weighted by atomic mass is 11.0. The predicted octanol–water partition coefficient (Wildman–Crippen LogP) is 0.334. The molecule has 1 radical (unpaired) electrons. The van der Waals surface area contributed by atoms with E-state index >= 15 is 0 Å². The van der Waals surface area contributed by atoms with Gasteiger partial charge in [0.2, 0.25) is 0 Å². The van der Waals surface area contributed by atoms with Gasteiger partial charge in [0.1, 0.15) is 12.5 Å². The van der Waals surface area contributed by atoms with E-state index in [0.717, 1.165) is 17.3 Å². The lowest BCUT2D eigenvalue weighted by Crippen LogP contribution is -2.14. The Hall–Kier alpha value is -1.13. The number of halogens is 2. The number of nitrogens with zero attached hydrogens (tertiary/aromatic N) is 2. The molecule has 0 saturated carbocycles. The Morgan fingerprint density at radius 1 is 1.67 bits per heavy atom. The summed E-state index contributed by atoms with van der Waals surface area (Å²) >= 11 is 0. The van der Waals surface area contributed by atoms with Crippen LogP contribution >= 0.6 is 0 Å². The van der Waals surface area contributed by atoms with Crippen molar-refractivity contribution < 1.29 is 13.6 Å². The fraction of sp³-hybridized carbons (Fsp3) is 0.250. The number of hydrogen-bond acceptors (Lipinski definition) is 2. The summed E-state index contributed by atoms with van der Waals surface area (Å²) in [5.41, 5.74) is 0. The van der Waals surface area contributed by atoms with Crippen molar-refractivity contribution >= 4 is 0 Å². The minimum atomic E-state index is -2.81. The molecule has 1 heterocycles. The van der Waals surface area contributed by atoms with Gasteiger partial charge in [0.15, 0.2) is 0 Å². The molecule has 49 valence electrons. The molecule has 0 unspecified atom stereocenters. The molecule has 1 rings (SSSR count). The van der Waals surface area contributed by atoms with E-state index in [1.54, 1.807) is 0 Å². The minimum absolute atomic E-state index is 0.782. The molecule has 0 aliphatic carbocycles. The van der Waals surface area contributed by atoms with Crippen molar-refractivity contribution in [1.82, 2.24) is 9.71 Å². The molecule has 3 nitrogen and oxygen atoms in total. The van der Waals surface area contributed by atoms with Gasteiger partial charge in [0.05, 0.1) is 6.20 Å². The lowest BCUT2D eigenvalue weighted by Gasteiger charge is -2.00. The molecular weight excluding hydrogens is 130 g/mol. The maximum atomic E-state index is 11.3. The monoisotopic (exact) mass is 133 g/mol. The molecule has 0 aliphatic rings. The topological polar surface area (TPSA) is 27.1 Å². The first-order valence-electron chi connectivity index (χ1n) is 2.14. The Balaban J connectivity index is 2.48. The number of hydrogen-bond donors (Lipinski definition) is 0. The van der Waals surface area contributed by atoms with Gasteiger partial charge in [-0.05, 0) is 0 Å². The van der Waals surface area contributed by atoms with Gasteiger partial charge < -0.3 is 4.84 Å². The van der Waals surface area contributed by atoms with E-state index in [0.29, 0.717) is 0 Å². The Morgan fingerprint density at radius 3 is 2.89 bits per heavy atom. The molecule has 0 atom stereocenters. The zero-order chi connectivity index (χ0) is 6.69. The first-order valence-corrected chi connectivity index (χ1v) is 2.14. The average Bonchev–Trinajstić information content (AvgIpc) is 2.15. The van der Waals surface area contributed by atoms with Crippen molar-refractivity contribution in [3.05, 3.63) is 18.7 Å². The van der Waals surface area contributed by atoms with Crippen molar-refractivity contribution in [2.24, 2.45) is 0 Å². The van der Waals surface area contributed by atoms with E-state index in [1.807, 2.05) is 0 Å². The Kier molecular flexibility index (Phi) is 1.62. The summed E-state index contributed by atoms with van der Waals surface area (Å²) in [5.74, 6) is 0. The summed E-state index contributed by atoms with van der Waals surface area (Å²) in [6.45, 7) is -2.81. The second-order valence-corrected chi connectivity index (χ2v) is 1.23. The number of aromatic nitrogens is 2. The van der Waals surface area contributed by atoms with E-state index in [4.69, 9.17) is 0 Å². The first kappa shape index (κ1) is 6.00. The van der Waals surface area contributed by atoms with Crippen LogP contribution in [0, 0.1) is 6.20 Å². The van der Waals surface area contributed by atoms with Gasteiger partial charge in [-0.25, -0.2) is 4.98 Å². The summed E-state index contributed by atoms with van der Waals surface area (Å²) in [6, 6.07) is 0.